The van der Waals surface area contributed by atoms with Gasteiger partial charge in [0.2, 0.25) is 5.91 Å². The Bertz CT molecular complexity index is 1310. The van der Waals surface area contributed by atoms with Crippen LogP contribution in [-0.4, -0.2) is 15.7 Å². The number of carbonyl (C=O) groups is 1. The Morgan fingerprint density at radius 3 is 2.29 bits per heavy atom. The van der Waals surface area contributed by atoms with Gasteiger partial charge in [0, 0.05) is 12.1 Å². The van der Waals surface area contributed by atoms with Crippen LogP contribution in [0.4, 0.5) is 5.69 Å². The van der Waals surface area contributed by atoms with E-state index in [2.05, 4.69) is 10.4 Å². The van der Waals surface area contributed by atoms with Gasteiger partial charge in [-0.1, -0.05) is 42.5 Å². The summed E-state index contributed by atoms with van der Waals surface area (Å²) in [5.74, 6) is 0.431. The molecule has 0 spiro atoms. The van der Waals surface area contributed by atoms with E-state index in [0.29, 0.717) is 28.8 Å². The van der Waals surface area contributed by atoms with Crippen LogP contribution >= 0.6 is 0 Å². The molecule has 7 heteroatoms. The standard InChI is InChI=1S/C24H21N3O4/c28-22(14-15-27-24(30)21-9-5-4-8-20(21)23(29)26-27)25-18-10-12-19(13-11-18)31-16-17-6-2-1-3-7-17/h1-13H,14-16H2,(H,25,28)(H,26,29). The summed E-state index contributed by atoms with van der Waals surface area (Å²) in [5, 5.41) is 5.97. The number of H-pyrrole nitrogens is 1. The van der Waals surface area contributed by atoms with Crippen molar-refractivity contribution in [2.75, 3.05) is 5.32 Å². The van der Waals surface area contributed by atoms with Crippen LogP contribution in [0, 0.1) is 0 Å². The van der Waals surface area contributed by atoms with Gasteiger partial charge in [-0.15, -0.1) is 0 Å². The second-order valence-corrected chi connectivity index (χ2v) is 7.04. The van der Waals surface area contributed by atoms with Crippen LogP contribution in [0.2, 0.25) is 0 Å². The second kappa shape index (κ2) is 9.13. The molecule has 7 nitrogen and oxygen atoms in total. The van der Waals surface area contributed by atoms with Gasteiger partial charge in [-0.2, -0.15) is 0 Å². The number of carbonyl (C=O) groups excluding carboxylic acids is 1. The van der Waals surface area contributed by atoms with Crippen LogP contribution in [0.25, 0.3) is 10.8 Å². The molecular weight excluding hydrogens is 394 g/mol. The normalized spacial score (nSPS) is 10.7. The minimum Gasteiger partial charge on any atom is -0.489 e. The van der Waals surface area contributed by atoms with Gasteiger partial charge in [0.05, 0.1) is 17.3 Å². The molecule has 2 N–H and O–H groups in total. The molecular formula is C24H21N3O4. The number of benzene rings is 3. The third kappa shape index (κ3) is 4.90. The molecule has 0 saturated carbocycles. The Morgan fingerprint density at radius 2 is 1.55 bits per heavy atom. The van der Waals surface area contributed by atoms with Gasteiger partial charge in [-0.05, 0) is 42.0 Å². The largest absolute Gasteiger partial charge is 0.489 e. The first-order chi connectivity index (χ1) is 15.1. The van der Waals surface area contributed by atoms with E-state index in [9.17, 15) is 14.4 Å². The molecule has 1 aromatic heterocycles. The fourth-order valence-corrected chi connectivity index (χ4v) is 3.22. The van der Waals surface area contributed by atoms with Crippen molar-refractivity contribution in [3.05, 3.63) is 105 Å². The zero-order valence-electron chi connectivity index (χ0n) is 16.7. The number of fused-ring (bicyclic) bond motifs is 1. The van der Waals surface area contributed by atoms with Crippen LogP contribution in [0.5, 0.6) is 5.75 Å². The number of aromatic nitrogens is 2. The van der Waals surface area contributed by atoms with Crippen molar-refractivity contribution < 1.29 is 9.53 Å². The number of nitrogens with zero attached hydrogens (tertiary/aromatic N) is 1. The predicted octanol–water partition coefficient (Wildman–Crippen LogP) is 3.30. The van der Waals surface area contributed by atoms with Crippen molar-refractivity contribution in [3.63, 3.8) is 0 Å². The SMILES string of the molecule is O=C(CCn1[nH]c(=O)c2ccccc2c1=O)Nc1ccc(OCc2ccccc2)cc1. The van der Waals surface area contributed by atoms with Crippen molar-refractivity contribution >= 4 is 22.4 Å². The molecule has 0 fully saturated rings. The van der Waals surface area contributed by atoms with E-state index in [1.807, 2.05) is 30.3 Å². The molecule has 0 unspecified atom stereocenters. The third-order valence-corrected chi connectivity index (χ3v) is 4.83. The second-order valence-electron chi connectivity index (χ2n) is 7.04. The highest BCUT2D eigenvalue weighted by molar-refractivity contribution is 5.90. The van der Waals surface area contributed by atoms with Crippen molar-refractivity contribution in [2.45, 2.75) is 19.6 Å². The van der Waals surface area contributed by atoms with Gasteiger partial charge in [0.1, 0.15) is 12.4 Å². The fraction of sp³-hybridized carbons (Fsp3) is 0.125. The topological polar surface area (TPSA) is 93.2 Å². The Hall–Kier alpha value is -4.13. The van der Waals surface area contributed by atoms with Crippen LogP contribution < -0.4 is 21.2 Å². The quantitative estimate of drug-likeness (QED) is 0.484. The summed E-state index contributed by atoms with van der Waals surface area (Å²) in [6.45, 7) is 0.536. The number of anilines is 1. The maximum Gasteiger partial charge on any atom is 0.273 e. The van der Waals surface area contributed by atoms with Crippen molar-refractivity contribution in [2.24, 2.45) is 0 Å². The molecule has 0 aliphatic carbocycles. The summed E-state index contributed by atoms with van der Waals surface area (Å²) in [4.78, 5) is 36.9. The minimum atomic E-state index is -0.360. The zero-order chi connectivity index (χ0) is 21.6. The molecule has 4 aromatic rings. The Balaban J connectivity index is 1.34. The van der Waals surface area contributed by atoms with Crippen molar-refractivity contribution in [1.29, 1.82) is 0 Å². The molecule has 0 atom stereocenters. The molecule has 1 heterocycles. The molecule has 0 bridgehead atoms. The van der Waals surface area contributed by atoms with E-state index in [1.165, 1.54) is 4.68 Å². The Kier molecular flexibility index (Phi) is 5.93. The van der Waals surface area contributed by atoms with E-state index >= 15 is 0 Å². The molecule has 31 heavy (non-hydrogen) atoms. The zero-order valence-corrected chi connectivity index (χ0v) is 16.7. The summed E-state index contributed by atoms with van der Waals surface area (Å²) in [6.07, 6.45) is 0.0421. The maximum atomic E-state index is 12.5. The van der Waals surface area contributed by atoms with Crippen molar-refractivity contribution in [3.8, 4) is 5.75 Å². The number of nitrogens with one attached hydrogen (secondary N) is 2. The highest BCUT2D eigenvalue weighted by atomic mass is 16.5. The van der Waals surface area contributed by atoms with Gasteiger partial charge < -0.3 is 10.1 Å². The summed E-state index contributed by atoms with van der Waals surface area (Å²) in [7, 11) is 0. The van der Waals surface area contributed by atoms with E-state index < -0.39 is 0 Å². The number of ether oxygens (including phenoxy) is 1. The number of amides is 1. The van der Waals surface area contributed by atoms with Gasteiger partial charge in [-0.3, -0.25) is 19.5 Å². The average Bonchev–Trinajstić information content (AvgIpc) is 2.81. The van der Waals surface area contributed by atoms with Crippen molar-refractivity contribution in [1.82, 2.24) is 9.78 Å². The Labute approximate surface area is 177 Å². The minimum absolute atomic E-state index is 0.0421. The molecule has 0 saturated heterocycles. The first-order valence-corrected chi connectivity index (χ1v) is 9.89. The van der Waals surface area contributed by atoms with Crippen LogP contribution in [-0.2, 0) is 17.9 Å². The lowest BCUT2D eigenvalue weighted by atomic mass is 10.2. The monoisotopic (exact) mass is 415 g/mol. The van der Waals surface area contributed by atoms with Gasteiger partial charge in [0.15, 0.2) is 0 Å². The van der Waals surface area contributed by atoms with E-state index in [4.69, 9.17) is 4.74 Å². The fourth-order valence-electron chi connectivity index (χ4n) is 3.22. The molecule has 156 valence electrons. The lowest BCUT2D eigenvalue weighted by Gasteiger charge is -2.09. The van der Waals surface area contributed by atoms with E-state index in [1.54, 1.807) is 48.5 Å². The smallest absolute Gasteiger partial charge is 0.273 e. The number of aryl methyl sites for hydroxylation is 1. The molecule has 4 rings (SSSR count). The van der Waals surface area contributed by atoms with E-state index in [-0.39, 0.29) is 30.0 Å². The van der Waals surface area contributed by atoms with Crippen LogP contribution in [0.15, 0.2) is 88.5 Å². The van der Waals surface area contributed by atoms with Crippen LogP contribution in [0.1, 0.15) is 12.0 Å². The van der Waals surface area contributed by atoms with Gasteiger partial charge in [-0.25, -0.2) is 4.68 Å². The summed E-state index contributed by atoms with van der Waals surface area (Å²) < 4.78 is 6.90. The molecule has 0 aliphatic heterocycles. The molecule has 3 aromatic carbocycles. The maximum absolute atomic E-state index is 12.5. The first kappa shape index (κ1) is 20.2. The number of hydrogen-bond donors (Lipinski definition) is 2. The highest BCUT2D eigenvalue weighted by Gasteiger charge is 2.09. The summed E-state index contributed by atoms with van der Waals surface area (Å²) in [6, 6.07) is 23.5. The molecule has 0 aliphatic rings. The highest BCUT2D eigenvalue weighted by Crippen LogP contribution is 2.17. The first-order valence-electron chi connectivity index (χ1n) is 9.89. The summed E-state index contributed by atoms with van der Waals surface area (Å²) >= 11 is 0. The van der Waals surface area contributed by atoms with Gasteiger partial charge in [0.25, 0.3) is 11.1 Å². The van der Waals surface area contributed by atoms with Gasteiger partial charge >= 0.3 is 0 Å². The Morgan fingerprint density at radius 1 is 0.871 bits per heavy atom. The number of hydrogen-bond acceptors (Lipinski definition) is 4. The average molecular weight is 415 g/mol. The van der Waals surface area contributed by atoms with E-state index in [0.717, 1.165) is 5.56 Å². The molecule has 0 radical (unpaired) electrons. The third-order valence-electron chi connectivity index (χ3n) is 4.83. The number of rotatable bonds is 7. The van der Waals surface area contributed by atoms with Crippen LogP contribution in [0.3, 0.4) is 0 Å². The lowest BCUT2D eigenvalue weighted by molar-refractivity contribution is -0.116. The summed E-state index contributed by atoms with van der Waals surface area (Å²) in [5.41, 5.74) is 1.00. The predicted molar refractivity (Wildman–Crippen MR) is 119 cm³/mol. The number of aromatic amines is 1. The lowest BCUT2D eigenvalue weighted by Crippen LogP contribution is -2.31. The molecule has 1 amide bonds.